The van der Waals surface area contributed by atoms with E-state index >= 15 is 0 Å². The van der Waals surface area contributed by atoms with Gasteiger partial charge >= 0.3 is 0 Å². The van der Waals surface area contributed by atoms with Crippen molar-refractivity contribution in [3.05, 3.63) is 30.5 Å². The van der Waals surface area contributed by atoms with E-state index in [1.54, 1.807) is 6.20 Å². The molecule has 0 radical (unpaired) electrons. The number of nitrogens with zero attached hydrogens (tertiary/aromatic N) is 1. The van der Waals surface area contributed by atoms with Crippen molar-refractivity contribution in [2.45, 2.75) is 39.2 Å². The first-order valence-corrected chi connectivity index (χ1v) is 6.95. The Bertz CT molecular complexity index is 604. The molecule has 1 aromatic carbocycles. The lowest BCUT2D eigenvalue weighted by Crippen LogP contribution is -2.18. The number of nitrogens with two attached hydrogens (primary N) is 1. The maximum absolute atomic E-state index is 6.26. The highest BCUT2D eigenvalue weighted by Crippen LogP contribution is 2.39. The van der Waals surface area contributed by atoms with E-state index < -0.39 is 0 Å². The van der Waals surface area contributed by atoms with Crippen LogP contribution in [0, 0.1) is 5.41 Å². The number of hydrogen-bond acceptors (Lipinski definition) is 3. The number of nitrogens with one attached hydrogen (secondary N) is 1. The van der Waals surface area contributed by atoms with Gasteiger partial charge in [0.1, 0.15) is 0 Å². The van der Waals surface area contributed by atoms with E-state index in [1.165, 1.54) is 19.3 Å². The summed E-state index contributed by atoms with van der Waals surface area (Å²) in [5.74, 6) is 0. The van der Waals surface area contributed by atoms with E-state index in [2.05, 4.69) is 30.2 Å². The summed E-state index contributed by atoms with van der Waals surface area (Å²) in [7, 11) is 0. The molecule has 0 aliphatic heterocycles. The molecule has 1 heterocycles. The third-order valence-corrected chi connectivity index (χ3v) is 4.15. The van der Waals surface area contributed by atoms with E-state index in [1.807, 2.05) is 18.2 Å². The van der Waals surface area contributed by atoms with Crippen LogP contribution in [-0.4, -0.2) is 11.0 Å². The molecule has 3 rings (SSSR count). The van der Waals surface area contributed by atoms with E-state index in [0.717, 1.165) is 22.3 Å². The quantitative estimate of drug-likeness (QED) is 0.802. The van der Waals surface area contributed by atoms with Gasteiger partial charge in [0.15, 0.2) is 0 Å². The lowest BCUT2D eigenvalue weighted by molar-refractivity contribution is 0.378. The highest BCUT2D eigenvalue weighted by Gasteiger charge is 2.30. The van der Waals surface area contributed by atoms with Crippen LogP contribution in [0.2, 0.25) is 0 Å². The molecule has 1 aliphatic carbocycles. The van der Waals surface area contributed by atoms with Crippen molar-refractivity contribution in [1.29, 1.82) is 0 Å². The van der Waals surface area contributed by atoms with Crippen molar-refractivity contribution in [3.8, 4) is 0 Å². The first-order chi connectivity index (χ1) is 9.05. The zero-order valence-corrected chi connectivity index (χ0v) is 11.6. The van der Waals surface area contributed by atoms with Gasteiger partial charge in [-0.05, 0) is 48.9 Å². The highest BCUT2D eigenvalue weighted by molar-refractivity contribution is 5.96. The molecule has 1 fully saturated rings. The second-order valence-electron chi connectivity index (χ2n) is 6.35. The molecule has 0 spiro atoms. The Morgan fingerprint density at radius 2 is 2.16 bits per heavy atom. The summed E-state index contributed by atoms with van der Waals surface area (Å²) >= 11 is 0. The van der Waals surface area contributed by atoms with E-state index in [9.17, 15) is 0 Å². The van der Waals surface area contributed by atoms with Crippen molar-refractivity contribution >= 4 is 22.3 Å². The molecule has 1 aliphatic rings. The summed E-state index contributed by atoms with van der Waals surface area (Å²) in [5.41, 5.74) is 9.53. The van der Waals surface area contributed by atoms with Crippen molar-refractivity contribution in [3.63, 3.8) is 0 Å². The zero-order valence-electron chi connectivity index (χ0n) is 11.6. The number of pyridine rings is 1. The molecule has 1 saturated carbocycles. The third kappa shape index (κ3) is 2.37. The SMILES string of the molecule is CC1(C)CCC(Nc2ccc3ncccc3c2N)C1. The van der Waals surface area contributed by atoms with E-state index in [0.29, 0.717) is 11.5 Å². The molecular formula is C16H21N3. The minimum Gasteiger partial charge on any atom is -0.397 e. The smallest absolute Gasteiger partial charge is 0.0724 e. The number of benzene rings is 1. The molecule has 3 heteroatoms. The van der Waals surface area contributed by atoms with Crippen LogP contribution in [0.25, 0.3) is 10.9 Å². The topological polar surface area (TPSA) is 50.9 Å². The molecule has 3 N–H and O–H groups in total. The molecule has 19 heavy (non-hydrogen) atoms. The van der Waals surface area contributed by atoms with Crippen LogP contribution < -0.4 is 11.1 Å². The minimum atomic E-state index is 0.449. The summed E-state index contributed by atoms with van der Waals surface area (Å²) in [5, 5.41) is 4.64. The number of rotatable bonds is 2. The largest absolute Gasteiger partial charge is 0.397 e. The first-order valence-electron chi connectivity index (χ1n) is 6.95. The molecule has 1 aromatic heterocycles. The van der Waals surface area contributed by atoms with Crippen LogP contribution in [0.3, 0.4) is 0 Å². The average Bonchev–Trinajstić information content (AvgIpc) is 2.73. The molecule has 0 amide bonds. The Hall–Kier alpha value is -1.77. The fourth-order valence-electron chi connectivity index (χ4n) is 3.08. The van der Waals surface area contributed by atoms with Crippen LogP contribution in [0.15, 0.2) is 30.5 Å². The van der Waals surface area contributed by atoms with Crippen LogP contribution in [0.4, 0.5) is 11.4 Å². The predicted octanol–water partition coefficient (Wildman–Crippen LogP) is 3.81. The molecule has 2 aromatic rings. The van der Waals surface area contributed by atoms with Gasteiger partial charge in [-0.1, -0.05) is 13.8 Å². The number of fused-ring (bicyclic) bond motifs is 1. The summed E-state index contributed by atoms with van der Waals surface area (Å²) in [6.07, 6.45) is 5.50. The third-order valence-electron chi connectivity index (χ3n) is 4.15. The summed E-state index contributed by atoms with van der Waals surface area (Å²) in [4.78, 5) is 4.33. The van der Waals surface area contributed by atoms with Crippen LogP contribution in [0.1, 0.15) is 33.1 Å². The number of aromatic nitrogens is 1. The van der Waals surface area contributed by atoms with Crippen LogP contribution >= 0.6 is 0 Å². The molecular weight excluding hydrogens is 234 g/mol. The zero-order chi connectivity index (χ0) is 13.5. The molecule has 100 valence electrons. The Morgan fingerprint density at radius 3 is 2.89 bits per heavy atom. The van der Waals surface area contributed by atoms with Crippen molar-refractivity contribution in [2.24, 2.45) is 5.41 Å². The Balaban J connectivity index is 1.88. The van der Waals surface area contributed by atoms with E-state index in [-0.39, 0.29) is 0 Å². The molecule has 1 unspecified atom stereocenters. The number of hydrogen-bond donors (Lipinski definition) is 2. The summed E-state index contributed by atoms with van der Waals surface area (Å²) < 4.78 is 0. The van der Waals surface area contributed by atoms with Gasteiger partial charge in [-0.2, -0.15) is 0 Å². The van der Waals surface area contributed by atoms with E-state index in [4.69, 9.17) is 5.73 Å². The maximum atomic E-state index is 6.26. The number of nitrogen functional groups attached to an aromatic ring is 1. The Labute approximate surface area is 114 Å². The highest BCUT2D eigenvalue weighted by atomic mass is 14.9. The van der Waals surface area contributed by atoms with Gasteiger partial charge < -0.3 is 11.1 Å². The molecule has 0 bridgehead atoms. The number of anilines is 2. The maximum Gasteiger partial charge on any atom is 0.0724 e. The Kier molecular flexibility index (Phi) is 2.85. The summed E-state index contributed by atoms with van der Waals surface area (Å²) in [6.45, 7) is 4.67. The van der Waals surface area contributed by atoms with Crippen molar-refractivity contribution < 1.29 is 0 Å². The average molecular weight is 255 g/mol. The lowest BCUT2D eigenvalue weighted by atomic mass is 9.92. The van der Waals surface area contributed by atoms with Gasteiger partial charge in [0, 0.05) is 17.6 Å². The fraction of sp³-hybridized carbons (Fsp3) is 0.438. The van der Waals surface area contributed by atoms with Gasteiger partial charge in [-0.25, -0.2) is 0 Å². The summed E-state index contributed by atoms with van der Waals surface area (Å²) in [6, 6.07) is 8.58. The van der Waals surface area contributed by atoms with Gasteiger partial charge in [0.05, 0.1) is 16.9 Å². The predicted molar refractivity (Wildman–Crippen MR) is 81.2 cm³/mol. The molecule has 0 saturated heterocycles. The van der Waals surface area contributed by atoms with Gasteiger partial charge in [0.2, 0.25) is 0 Å². The standard InChI is InChI=1S/C16H21N3/c1-16(2)8-7-11(10-16)19-14-6-5-13-12(15(14)17)4-3-9-18-13/h3-6,9,11,19H,7-8,10,17H2,1-2H3. The van der Waals surface area contributed by atoms with Crippen LogP contribution in [-0.2, 0) is 0 Å². The Morgan fingerprint density at radius 1 is 1.32 bits per heavy atom. The second-order valence-corrected chi connectivity index (χ2v) is 6.35. The first kappa shape index (κ1) is 12.3. The van der Waals surface area contributed by atoms with Crippen molar-refractivity contribution in [2.75, 3.05) is 11.1 Å². The van der Waals surface area contributed by atoms with Gasteiger partial charge in [0.25, 0.3) is 0 Å². The van der Waals surface area contributed by atoms with Crippen LogP contribution in [0.5, 0.6) is 0 Å². The van der Waals surface area contributed by atoms with Gasteiger partial charge in [-0.15, -0.1) is 0 Å². The molecule has 1 atom stereocenters. The van der Waals surface area contributed by atoms with Crippen molar-refractivity contribution in [1.82, 2.24) is 4.98 Å². The lowest BCUT2D eigenvalue weighted by Gasteiger charge is -2.20. The fourth-order valence-corrected chi connectivity index (χ4v) is 3.08. The van der Waals surface area contributed by atoms with Gasteiger partial charge in [-0.3, -0.25) is 4.98 Å². The second kappa shape index (κ2) is 4.41. The molecule has 3 nitrogen and oxygen atoms in total. The monoisotopic (exact) mass is 255 g/mol. The normalized spacial score (nSPS) is 21.7. The minimum absolute atomic E-state index is 0.449.